The van der Waals surface area contributed by atoms with E-state index in [0.717, 1.165) is 6.07 Å². The summed E-state index contributed by atoms with van der Waals surface area (Å²) in [4.78, 5) is 3.74. The van der Waals surface area contributed by atoms with Crippen molar-refractivity contribution in [1.82, 2.24) is 4.98 Å². The Hall–Kier alpha value is -0.940. The number of rotatable bonds is 2. The summed E-state index contributed by atoms with van der Waals surface area (Å²) in [6.45, 7) is 5.70. The lowest BCUT2D eigenvalue weighted by Crippen LogP contribution is -2.42. The number of nitrogens with zero attached hydrogens (tertiary/aromatic N) is 1. The Morgan fingerprint density at radius 1 is 1.24 bits per heavy atom. The van der Waals surface area contributed by atoms with E-state index in [-0.39, 0.29) is 15.0 Å². The van der Waals surface area contributed by atoms with Crippen molar-refractivity contribution in [2.75, 3.05) is 0 Å². The van der Waals surface area contributed by atoms with Crippen molar-refractivity contribution in [3.8, 4) is 0 Å². The summed E-state index contributed by atoms with van der Waals surface area (Å²) in [6, 6.07) is 2.30. The molecule has 2 N–H and O–H groups in total. The molecule has 0 radical (unpaired) electrons. The number of primary sulfonamides is 1. The van der Waals surface area contributed by atoms with Crippen molar-refractivity contribution in [2.24, 2.45) is 10.6 Å². The Balaban J connectivity index is 2.66. The fourth-order valence-electron chi connectivity index (χ4n) is 2.94. The summed E-state index contributed by atoms with van der Waals surface area (Å²) in [5.41, 5.74) is -1.78. The van der Waals surface area contributed by atoms with Crippen molar-refractivity contribution >= 4 is 32.6 Å². The Morgan fingerprint density at radius 2 is 1.84 bits per heavy atom. The molecule has 0 bridgehead atoms. The van der Waals surface area contributed by atoms with E-state index in [1.54, 1.807) is 28.7 Å². The Morgan fingerprint density at radius 3 is 2.28 bits per heavy atom. The summed E-state index contributed by atoms with van der Waals surface area (Å²) in [5, 5.41) is 5.28. The smallest absolute Gasteiger partial charge is 0.237 e. The number of nitrogens with two attached hydrogens (primary N) is 1. The topological polar surface area (TPSA) is 73.0 Å². The Kier molecular flexibility index (Phi) is 5.17. The van der Waals surface area contributed by atoms with Gasteiger partial charge in [-0.05, 0) is 52.1 Å². The van der Waals surface area contributed by atoms with Crippen LogP contribution in [0.1, 0.15) is 38.4 Å². The summed E-state index contributed by atoms with van der Waals surface area (Å²) in [6.07, 6.45) is 0.344. The predicted octanol–water partition coefficient (Wildman–Crippen LogP) is 4.12. The maximum absolute atomic E-state index is 12.9. The molecule has 2 rings (SSSR count). The molecule has 1 aliphatic rings. The van der Waals surface area contributed by atoms with Crippen molar-refractivity contribution in [2.45, 2.75) is 38.8 Å². The SMILES string of the molecule is CC(C)(C)C1(c2ccc(C(F)(F)F)nc2I)C=CC=C(S(N)(=O)=O)C1. The van der Waals surface area contributed by atoms with E-state index in [2.05, 4.69) is 4.98 Å². The Bertz CT molecular complexity index is 855. The van der Waals surface area contributed by atoms with Gasteiger partial charge in [0, 0.05) is 5.41 Å². The van der Waals surface area contributed by atoms with E-state index < -0.39 is 32.7 Å². The van der Waals surface area contributed by atoms with Gasteiger partial charge in [-0.15, -0.1) is 0 Å². The molecule has 1 aliphatic carbocycles. The molecule has 0 aromatic carbocycles. The van der Waals surface area contributed by atoms with Crippen LogP contribution in [0.3, 0.4) is 0 Å². The number of halogens is 4. The highest BCUT2D eigenvalue weighted by atomic mass is 127. The number of pyridine rings is 1. The molecule has 0 spiro atoms. The maximum Gasteiger partial charge on any atom is 0.433 e. The van der Waals surface area contributed by atoms with Gasteiger partial charge in [-0.3, -0.25) is 0 Å². The molecule has 1 heterocycles. The van der Waals surface area contributed by atoms with Gasteiger partial charge in [0.25, 0.3) is 0 Å². The summed E-state index contributed by atoms with van der Waals surface area (Å²) in [5.74, 6) is 0. The molecule has 1 aromatic heterocycles. The molecule has 1 atom stereocenters. The second kappa shape index (κ2) is 6.34. The van der Waals surface area contributed by atoms with Crippen LogP contribution in [0.2, 0.25) is 0 Å². The van der Waals surface area contributed by atoms with E-state index in [4.69, 9.17) is 5.14 Å². The average molecular weight is 486 g/mol. The molecule has 25 heavy (non-hydrogen) atoms. The molecule has 138 valence electrons. The number of hydrogen-bond donors (Lipinski definition) is 1. The molecule has 0 aliphatic heterocycles. The van der Waals surface area contributed by atoms with E-state index in [9.17, 15) is 21.6 Å². The molecule has 0 amide bonds. The molecule has 0 fully saturated rings. The van der Waals surface area contributed by atoms with Crippen molar-refractivity contribution in [3.63, 3.8) is 0 Å². The molecule has 0 saturated carbocycles. The molecule has 4 nitrogen and oxygen atoms in total. The van der Waals surface area contributed by atoms with Crippen molar-refractivity contribution < 1.29 is 21.6 Å². The fraction of sp³-hybridized carbons (Fsp3) is 0.438. The second-order valence-electron chi connectivity index (χ2n) is 6.97. The number of alkyl halides is 3. The van der Waals surface area contributed by atoms with Crippen LogP contribution in [0.15, 0.2) is 35.3 Å². The summed E-state index contributed by atoms with van der Waals surface area (Å²) < 4.78 is 62.5. The van der Waals surface area contributed by atoms with Gasteiger partial charge in [0.1, 0.15) is 9.39 Å². The number of sulfonamides is 1. The first-order valence-electron chi connectivity index (χ1n) is 7.34. The molecule has 1 unspecified atom stereocenters. The van der Waals surface area contributed by atoms with Gasteiger partial charge in [-0.2, -0.15) is 13.2 Å². The van der Waals surface area contributed by atoms with Gasteiger partial charge in [-0.1, -0.05) is 39.0 Å². The third-order valence-corrected chi connectivity index (χ3v) is 6.27. The minimum absolute atomic E-state index is 0.0422. The minimum Gasteiger partial charge on any atom is -0.237 e. The summed E-state index contributed by atoms with van der Waals surface area (Å²) >= 11 is 1.76. The highest BCUT2D eigenvalue weighted by Gasteiger charge is 2.46. The minimum atomic E-state index is -4.54. The van der Waals surface area contributed by atoms with Gasteiger partial charge in [0.15, 0.2) is 0 Å². The fourth-order valence-corrected chi connectivity index (χ4v) is 4.55. The highest BCUT2D eigenvalue weighted by Crippen LogP contribution is 2.50. The quantitative estimate of drug-likeness (QED) is 0.505. The van der Waals surface area contributed by atoms with Gasteiger partial charge in [-0.25, -0.2) is 18.5 Å². The van der Waals surface area contributed by atoms with Gasteiger partial charge in [0.05, 0.1) is 4.91 Å². The van der Waals surface area contributed by atoms with E-state index in [0.29, 0.717) is 5.56 Å². The van der Waals surface area contributed by atoms with Crippen LogP contribution in [0, 0.1) is 9.12 Å². The zero-order chi connectivity index (χ0) is 19.3. The first-order valence-corrected chi connectivity index (χ1v) is 9.96. The van der Waals surface area contributed by atoms with Crippen LogP contribution >= 0.6 is 22.6 Å². The van der Waals surface area contributed by atoms with Gasteiger partial charge < -0.3 is 0 Å². The lowest BCUT2D eigenvalue weighted by Gasteiger charge is -2.45. The van der Waals surface area contributed by atoms with Crippen molar-refractivity contribution in [1.29, 1.82) is 0 Å². The molecular weight excluding hydrogens is 468 g/mol. The van der Waals surface area contributed by atoms with E-state index >= 15 is 0 Å². The second-order valence-corrected chi connectivity index (χ2v) is 9.60. The lowest BCUT2D eigenvalue weighted by atomic mass is 9.60. The van der Waals surface area contributed by atoms with Gasteiger partial charge in [0.2, 0.25) is 10.0 Å². The number of allylic oxidation sites excluding steroid dienone is 4. The van der Waals surface area contributed by atoms with E-state index in [1.165, 1.54) is 12.1 Å². The van der Waals surface area contributed by atoms with Crippen LogP contribution in [0.5, 0.6) is 0 Å². The lowest BCUT2D eigenvalue weighted by molar-refractivity contribution is -0.141. The highest BCUT2D eigenvalue weighted by molar-refractivity contribution is 14.1. The van der Waals surface area contributed by atoms with Crippen molar-refractivity contribution in [3.05, 3.63) is 50.2 Å². The van der Waals surface area contributed by atoms with Crippen LogP contribution in [0.25, 0.3) is 0 Å². The first kappa shape index (κ1) is 20.4. The zero-order valence-corrected chi connectivity index (χ0v) is 16.8. The van der Waals surface area contributed by atoms with Crippen LogP contribution in [-0.4, -0.2) is 13.4 Å². The Labute approximate surface area is 158 Å². The molecule has 1 aromatic rings. The normalized spacial score (nSPS) is 22.0. The van der Waals surface area contributed by atoms with Crippen LogP contribution < -0.4 is 5.14 Å². The number of aromatic nitrogens is 1. The number of hydrogen-bond acceptors (Lipinski definition) is 3. The zero-order valence-electron chi connectivity index (χ0n) is 13.9. The van der Waals surface area contributed by atoms with Crippen LogP contribution in [0.4, 0.5) is 13.2 Å². The molecule has 0 saturated heterocycles. The van der Waals surface area contributed by atoms with Gasteiger partial charge >= 0.3 is 6.18 Å². The van der Waals surface area contributed by atoms with Crippen LogP contribution in [-0.2, 0) is 21.6 Å². The maximum atomic E-state index is 12.9. The molecular formula is C16H18F3IN2O2S. The molecule has 9 heteroatoms. The third-order valence-electron chi connectivity index (χ3n) is 4.44. The largest absolute Gasteiger partial charge is 0.433 e. The standard InChI is InChI=1S/C16H18F3IN2O2S/c1-14(2,3)15(8-4-5-10(9-15)25(21,23)24)11-6-7-12(16(17,18)19)22-13(11)20/h4-8H,9H2,1-3H3,(H2,21,23,24). The summed E-state index contributed by atoms with van der Waals surface area (Å²) in [7, 11) is -3.90. The monoisotopic (exact) mass is 486 g/mol. The average Bonchev–Trinajstić information content (AvgIpc) is 2.44. The van der Waals surface area contributed by atoms with E-state index in [1.807, 2.05) is 26.8 Å². The third kappa shape index (κ3) is 3.92. The predicted molar refractivity (Wildman–Crippen MR) is 98.0 cm³/mol. The first-order chi connectivity index (χ1) is 11.2.